The van der Waals surface area contributed by atoms with Crippen LogP contribution in [0.25, 0.3) is 0 Å². The number of carbonyl (C=O) groups excluding carboxylic acids is 1. The number of nitrogens with one attached hydrogen (secondary N) is 1. The number of allylic oxidation sites excluding steroid dienone is 3. The number of phosphoric acid groups is 1. The molecule has 2 N–H and O–H groups in total. The topological polar surface area (TPSA) is 108 Å². The van der Waals surface area contributed by atoms with Crippen LogP contribution in [0.15, 0.2) is 24.3 Å². The number of rotatable bonds is 69. The number of carbonyl (C=O) groups is 1. The molecule has 0 aromatic rings. The van der Waals surface area contributed by atoms with Crippen molar-refractivity contribution in [3.63, 3.8) is 0 Å². The quantitative estimate of drug-likeness (QED) is 0.0272. The Morgan fingerprint density at radius 2 is 0.683 bits per heavy atom. The van der Waals surface area contributed by atoms with E-state index >= 15 is 0 Å². The molecule has 0 spiro atoms. The zero-order valence-electron chi connectivity index (χ0n) is 56.0. The Morgan fingerprint density at radius 3 is 0.988 bits per heavy atom. The van der Waals surface area contributed by atoms with E-state index in [0.717, 1.165) is 38.5 Å². The molecule has 0 aliphatic carbocycles. The Morgan fingerprint density at radius 1 is 0.415 bits per heavy atom. The lowest BCUT2D eigenvalue weighted by Gasteiger charge is -2.29. The van der Waals surface area contributed by atoms with E-state index in [1.807, 2.05) is 27.2 Å². The molecule has 0 rings (SSSR count). The SMILES string of the molecule is CCCCCCCCCCCCCCCCCCCCCCC/C=C/CC/C=C/C(O)C(COP(=O)([O-])OCC[N+](C)(C)C)NC(=O)CCCCCCCCCCCCCCCCCCCCCCCCCCCCCCCCCCC. The second-order valence-electron chi connectivity index (χ2n) is 26.7. The molecule has 9 heteroatoms. The molecule has 8 nitrogen and oxygen atoms in total. The molecule has 3 unspecified atom stereocenters. The first-order valence-corrected chi connectivity index (χ1v) is 38.2. The van der Waals surface area contributed by atoms with Crippen molar-refractivity contribution in [1.82, 2.24) is 5.32 Å². The van der Waals surface area contributed by atoms with Gasteiger partial charge in [-0.1, -0.05) is 372 Å². The van der Waals surface area contributed by atoms with E-state index in [1.165, 1.54) is 327 Å². The van der Waals surface area contributed by atoms with Crippen LogP contribution in [-0.4, -0.2) is 68.5 Å². The van der Waals surface area contributed by atoms with E-state index in [1.54, 1.807) is 6.08 Å². The number of hydrogen-bond donors (Lipinski definition) is 2. The molecule has 0 aliphatic heterocycles. The molecule has 488 valence electrons. The third-order valence-corrected chi connectivity index (χ3v) is 18.1. The monoisotopic (exact) mass is 1180 g/mol. The fourth-order valence-corrected chi connectivity index (χ4v) is 12.2. The highest BCUT2D eigenvalue weighted by Gasteiger charge is 2.23. The highest BCUT2D eigenvalue weighted by atomic mass is 31.2. The summed E-state index contributed by atoms with van der Waals surface area (Å²) in [6.45, 7) is 4.70. The summed E-state index contributed by atoms with van der Waals surface area (Å²) in [6.07, 6.45) is 84.7. The van der Waals surface area contributed by atoms with Crippen LogP contribution in [0.4, 0.5) is 0 Å². The summed E-state index contributed by atoms with van der Waals surface area (Å²) in [5.74, 6) is -0.198. The second kappa shape index (κ2) is 64.5. The number of unbranched alkanes of at least 4 members (excludes halogenated alkanes) is 54. The van der Waals surface area contributed by atoms with Crippen molar-refractivity contribution < 1.29 is 32.9 Å². The van der Waals surface area contributed by atoms with Crippen LogP contribution in [-0.2, 0) is 18.4 Å². The van der Waals surface area contributed by atoms with Gasteiger partial charge in [-0.25, -0.2) is 0 Å². The Kier molecular flexibility index (Phi) is 63.7. The van der Waals surface area contributed by atoms with Gasteiger partial charge < -0.3 is 28.8 Å². The summed E-state index contributed by atoms with van der Waals surface area (Å²) >= 11 is 0. The van der Waals surface area contributed by atoms with Gasteiger partial charge in [-0.15, -0.1) is 0 Å². The zero-order valence-corrected chi connectivity index (χ0v) is 56.9. The van der Waals surface area contributed by atoms with Gasteiger partial charge in [0.05, 0.1) is 39.9 Å². The van der Waals surface area contributed by atoms with Crippen LogP contribution in [0.3, 0.4) is 0 Å². The molecule has 82 heavy (non-hydrogen) atoms. The zero-order chi connectivity index (χ0) is 59.8. The number of aliphatic hydroxyl groups excluding tert-OH is 1. The molecular weight excluding hydrogens is 1030 g/mol. The lowest BCUT2D eigenvalue weighted by molar-refractivity contribution is -0.870. The fraction of sp³-hybridized carbons (Fsp3) is 0.932. The molecule has 0 aliphatic rings. The maximum Gasteiger partial charge on any atom is 0.268 e. The van der Waals surface area contributed by atoms with Gasteiger partial charge in [0, 0.05) is 6.42 Å². The van der Waals surface area contributed by atoms with Gasteiger partial charge in [-0.2, -0.15) is 0 Å². The third-order valence-electron chi connectivity index (χ3n) is 17.2. The van der Waals surface area contributed by atoms with Crippen molar-refractivity contribution in [3.05, 3.63) is 24.3 Å². The van der Waals surface area contributed by atoms with E-state index in [2.05, 4.69) is 31.3 Å². The van der Waals surface area contributed by atoms with E-state index in [4.69, 9.17) is 9.05 Å². The number of amides is 1. The minimum Gasteiger partial charge on any atom is -0.756 e. The van der Waals surface area contributed by atoms with Crippen molar-refractivity contribution in [2.24, 2.45) is 0 Å². The molecule has 3 atom stereocenters. The molecule has 0 heterocycles. The van der Waals surface area contributed by atoms with Gasteiger partial charge in [0.15, 0.2) is 0 Å². The largest absolute Gasteiger partial charge is 0.756 e. The summed E-state index contributed by atoms with van der Waals surface area (Å²) < 4.78 is 23.5. The standard InChI is InChI=1S/C73H145N2O6P/c1-6-8-10-12-14-16-18-20-22-24-26-28-30-32-34-35-36-37-38-39-41-43-45-47-49-51-53-55-57-59-61-63-65-67-73(77)74-71(70-81-82(78,79)80-69-68-75(3,4)5)72(76)66-64-62-60-58-56-54-52-50-48-46-44-42-40-33-31-29-27-25-23-21-19-17-15-13-11-9-7-2/h56,58,64,66,71-72,76H,6-55,57,59-63,65,67-70H2,1-5H3,(H-,74,77,78,79)/b58-56+,66-64+. The first-order valence-electron chi connectivity index (χ1n) is 36.7. The van der Waals surface area contributed by atoms with Crippen LogP contribution >= 0.6 is 7.82 Å². The minimum absolute atomic E-state index is 0.00336. The first-order chi connectivity index (χ1) is 40.0. The molecule has 0 bridgehead atoms. The second-order valence-corrected chi connectivity index (χ2v) is 28.1. The molecule has 0 fully saturated rings. The third kappa shape index (κ3) is 66.5. The van der Waals surface area contributed by atoms with Gasteiger partial charge in [0.25, 0.3) is 7.82 Å². The molecule has 0 aromatic carbocycles. The van der Waals surface area contributed by atoms with Crippen molar-refractivity contribution >= 4 is 13.7 Å². The van der Waals surface area contributed by atoms with Crippen LogP contribution in [0, 0.1) is 0 Å². The summed E-state index contributed by atoms with van der Waals surface area (Å²) in [4.78, 5) is 25.6. The maximum absolute atomic E-state index is 13.0. The van der Waals surface area contributed by atoms with Crippen LogP contribution < -0.4 is 10.2 Å². The predicted octanol–water partition coefficient (Wildman–Crippen LogP) is 22.8. The number of nitrogens with zero attached hydrogens (tertiary/aromatic N) is 1. The highest BCUT2D eigenvalue weighted by molar-refractivity contribution is 7.45. The Labute approximate surface area is 513 Å². The summed E-state index contributed by atoms with van der Waals surface area (Å²) in [5.41, 5.74) is 0. The fourth-order valence-electron chi connectivity index (χ4n) is 11.5. The van der Waals surface area contributed by atoms with E-state index < -0.39 is 20.0 Å². The summed E-state index contributed by atoms with van der Waals surface area (Å²) in [5, 5.41) is 14.0. The van der Waals surface area contributed by atoms with E-state index in [0.29, 0.717) is 17.4 Å². The lowest BCUT2D eigenvalue weighted by Crippen LogP contribution is -2.45. The van der Waals surface area contributed by atoms with Gasteiger partial charge in [0.2, 0.25) is 5.91 Å². The van der Waals surface area contributed by atoms with Crippen molar-refractivity contribution in [2.45, 2.75) is 398 Å². The Balaban J connectivity index is 4.02. The molecule has 0 radical (unpaired) electrons. The summed E-state index contributed by atoms with van der Waals surface area (Å²) in [6, 6.07) is -0.902. The van der Waals surface area contributed by atoms with Crippen LogP contribution in [0.1, 0.15) is 386 Å². The molecule has 1 amide bonds. The van der Waals surface area contributed by atoms with Crippen molar-refractivity contribution in [1.29, 1.82) is 0 Å². The lowest BCUT2D eigenvalue weighted by atomic mass is 10.0. The van der Waals surface area contributed by atoms with Crippen molar-refractivity contribution in [3.8, 4) is 0 Å². The Bertz CT molecular complexity index is 1390. The molecule has 0 aromatic heterocycles. The van der Waals surface area contributed by atoms with Gasteiger partial charge in [-0.05, 0) is 32.1 Å². The normalized spacial score (nSPS) is 13.7. The van der Waals surface area contributed by atoms with Gasteiger partial charge in [-0.3, -0.25) is 9.36 Å². The molecule has 0 saturated heterocycles. The molecular formula is C73H145N2O6P. The average molecular weight is 1180 g/mol. The number of quaternary nitrogens is 1. The van der Waals surface area contributed by atoms with Crippen LogP contribution in [0.5, 0.6) is 0 Å². The predicted molar refractivity (Wildman–Crippen MR) is 358 cm³/mol. The van der Waals surface area contributed by atoms with Crippen LogP contribution in [0.2, 0.25) is 0 Å². The Hall–Kier alpha value is -1.02. The average Bonchev–Trinajstić information content (AvgIpc) is 3.47. The minimum atomic E-state index is -4.61. The highest BCUT2D eigenvalue weighted by Crippen LogP contribution is 2.38. The van der Waals surface area contributed by atoms with Gasteiger partial charge in [0.1, 0.15) is 13.2 Å². The number of hydrogen-bond acceptors (Lipinski definition) is 6. The number of likely N-dealkylation sites (N-methyl/N-ethyl adjacent to an activating group) is 1. The van der Waals surface area contributed by atoms with E-state index in [-0.39, 0.29) is 19.1 Å². The van der Waals surface area contributed by atoms with Crippen molar-refractivity contribution in [2.75, 3.05) is 40.9 Å². The summed E-state index contributed by atoms with van der Waals surface area (Å²) in [7, 11) is 1.26. The first kappa shape index (κ1) is 81.0. The smallest absolute Gasteiger partial charge is 0.268 e. The van der Waals surface area contributed by atoms with Gasteiger partial charge >= 0.3 is 0 Å². The number of aliphatic hydroxyl groups is 1. The van der Waals surface area contributed by atoms with E-state index in [9.17, 15) is 19.4 Å². The number of phosphoric ester groups is 1. The molecule has 0 saturated carbocycles. The maximum atomic E-state index is 13.0.